The summed E-state index contributed by atoms with van der Waals surface area (Å²) >= 11 is 0. The average molecular weight is 328 g/mol. The standard InChI is InChI=1S/C16H19F3N2O2/c1-10(15(23)21-7-6-12(9-21)14(20)22)8-11-2-4-13(5-3-11)16(17,18)19/h2-5,10,12H,6-9H2,1H3,(H2,20,22)/t10-,12+/m1/s1. The molecule has 2 rings (SSSR count). The van der Waals surface area contributed by atoms with Crippen molar-refractivity contribution in [3.8, 4) is 0 Å². The Morgan fingerprint density at radius 2 is 1.91 bits per heavy atom. The molecule has 0 spiro atoms. The molecule has 126 valence electrons. The first-order valence-electron chi connectivity index (χ1n) is 7.42. The Balaban J connectivity index is 1.95. The molecule has 1 heterocycles. The topological polar surface area (TPSA) is 63.4 Å². The summed E-state index contributed by atoms with van der Waals surface area (Å²) in [6.45, 7) is 2.55. The van der Waals surface area contributed by atoms with Gasteiger partial charge in [0.25, 0.3) is 0 Å². The minimum Gasteiger partial charge on any atom is -0.369 e. The Morgan fingerprint density at radius 3 is 2.39 bits per heavy atom. The van der Waals surface area contributed by atoms with E-state index in [1.165, 1.54) is 12.1 Å². The van der Waals surface area contributed by atoms with E-state index < -0.39 is 17.6 Å². The van der Waals surface area contributed by atoms with E-state index in [0.29, 0.717) is 31.5 Å². The van der Waals surface area contributed by atoms with Gasteiger partial charge in [-0.2, -0.15) is 13.2 Å². The van der Waals surface area contributed by atoms with Crippen LogP contribution in [0, 0.1) is 11.8 Å². The molecule has 1 aromatic carbocycles. The van der Waals surface area contributed by atoms with E-state index in [0.717, 1.165) is 12.1 Å². The SMILES string of the molecule is C[C@H](Cc1ccc(C(F)(F)F)cc1)C(=O)N1CC[C@H](C(N)=O)C1. The number of benzene rings is 1. The van der Waals surface area contributed by atoms with Gasteiger partial charge in [0.15, 0.2) is 0 Å². The summed E-state index contributed by atoms with van der Waals surface area (Å²) < 4.78 is 37.6. The van der Waals surface area contributed by atoms with Gasteiger partial charge >= 0.3 is 6.18 Å². The molecule has 0 aliphatic carbocycles. The minimum atomic E-state index is -4.36. The quantitative estimate of drug-likeness (QED) is 0.921. The highest BCUT2D eigenvalue weighted by Crippen LogP contribution is 2.29. The maximum absolute atomic E-state index is 12.5. The molecule has 1 aliphatic rings. The number of likely N-dealkylation sites (tertiary alicyclic amines) is 1. The average Bonchev–Trinajstić information content (AvgIpc) is 2.96. The molecule has 0 unspecified atom stereocenters. The van der Waals surface area contributed by atoms with Gasteiger partial charge < -0.3 is 10.6 Å². The Kier molecular flexibility index (Phi) is 4.97. The Bertz CT molecular complexity index is 584. The predicted molar refractivity (Wildman–Crippen MR) is 78.2 cm³/mol. The zero-order valence-corrected chi connectivity index (χ0v) is 12.8. The Morgan fingerprint density at radius 1 is 1.30 bits per heavy atom. The molecule has 2 N–H and O–H groups in total. The second kappa shape index (κ2) is 6.60. The van der Waals surface area contributed by atoms with Crippen LogP contribution in [0.25, 0.3) is 0 Å². The van der Waals surface area contributed by atoms with Crippen molar-refractivity contribution in [2.24, 2.45) is 17.6 Å². The minimum absolute atomic E-state index is 0.103. The van der Waals surface area contributed by atoms with Gasteiger partial charge in [-0.15, -0.1) is 0 Å². The molecular weight excluding hydrogens is 309 g/mol. The van der Waals surface area contributed by atoms with Gasteiger partial charge in [0.1, 0.15) is 0 Å². The van der Waals surface area contributed by atoms with E-state index >= 15 is 0 Å². The van der Waals surface area contributed by atoms with Gasteiger partial charge in [0.2, 0.25) is 11.8 Å². The molecule has 0 radical (unpaired) electrons. The highest BCUT2D eigenvalue weighted by atomic mass is 19.4. The van der Waals surface area contributed by atoms with Gasteiger partial charge in [-0.3, -0.25) is 9.59 Å². The zero-order chi connectivity index (χ0) is 17.2. The second-order valence-corrected chi connectivity index (χ2v) is 5.97. The smallest absolute Gasteiger partial charge is 0.369 e. The fraction of sp³-hybridized carbons (Fsp3) is 0.500. The third-order valence-electron chi connectivity index (χ3n) is 4.15. The number of hydrogen-bond donors (Lipinski definition) is 1. The van der Waals surface area contributed by atoms with Crippen molar-refractivity contribution >= 4 is 11.8 Å². The highest BCUT2D eigenvalue weighted by Gasteiger charge is 2.32. The van der Waals surface area contributed by atoms with E-state index in [4.69, 9.17) is 5.73 Å². The molecule has 2 atom stereocenters. The number of halogens is 3. The van der Waals surface area contributed by atoms with E-state index in [2.05, 4.69) is 0 Å². The molecule has 7 heteroatoms. The first kappa shape index (κ1) is 17.3. The first-order valence-corrected chi connectivity index (χ1v) is 7.42. The summed E-state index contributed by atoms with van der Waals surface area (Å²) in [7, 11) is 0. The van der Waals surface area contributed by atoms with Gasteiger partial charge in [-0.1, -0.05) is 19.1 Å². The van der Waals surface area contributed by atoms with Crippen LogP contribution in [0.1, 0.15) is 24.5 Å². The largest absolute Gasteiger partial charge is 0.416 e. The highest BCUT2D eigenvalue weighted by molar-refractivity contribution is 5.82. The normalized spacial score (nSPS) is 19.7. The first-order chi connectivity index (χ1) is 10.7. The van der Waals surface area contributed by atoms with E-state index in [9.17, 15) is 22.8 Å². The summed E-state index contributed by atoms with van der Waals surface area (Å²) in [4.78, 5) is 25.1. The van der Waals surface area contributed by atoms with Crippen molar-refractivity contribution in [3.63, 3.8) is 0 Å². The lowest BCUT2D eigenvalue weighted by Gasteiger charge is -2.21. The lowest BCUT2D eigenvalue weighted by Crippen LogP contribution is -2.35. The number of alkyl halides is 3. The molecular formula is C16H19F3N2O2. The summed E-state index contributed by atoms with van der Waals surface area (Å²) in [5.41, 5.74) is 5.21. The third-order valence-corrected chi connectivity index (χ3v) is 4.15. The van der Waals surface area contributed by atoms with Crippen LogP contribution >= 0.6 is 0 Å². The molecule has 4 nitrogen and oxygen atoms in total. The molecule has 1 aliphatic heterocycles. The molecule has 0 aromatic heterocycles. The predicted octanol–water partition coefficient (Wildman–Crippen LogP) is 2.22. The molecule has 1 fully saturated rings. The summed E-state index contributed by atoms with van der Waals surface area (Å²) in [5.74, 6) is -1.18. The van der Waals surface area contributed by atoms with Crippen LogP contribution in [0.4, 0.5) is 13.2 Å². The monoisotopic (exact) mass is 328 g/mol. The second-order valence-electron chi connectivity index (χ2n) is 5.97. The van der Waals surface area contributed by atoms with Crippen LogP contribution in [0.3, 0.4) is 0 Å². The zero-order valence-electron chi connectivity index (χ0n) is 12.8. The van der Waals surface area contributed by atoms with Crippen molar-refractivity contribution in [2.45, 2.75) is 25.9 Å². The van der Waals surface area contributed by atoms with Crippen LogP contribution in [0.15, 0.2) is 24.3 Å². The number of rotatable bonds is 4. The Labute approximate surface area is 132 Å². The maximum Gasteiger partial charge on any atom is 0.416 e. The summed E-state index contributed by atoms with van der Waals surface area (Å²) in [6.07, 6.45) is -3.44. The number of nitrogens with two attached hydrogens (primary N) is 1. The number of carbonyl (C=O) groups is 2. The number of primary amides is 1. The van der Waals surface area contributed by atoms with E-state index in [1.807, 2.05) is 0 Å². The fourth-order valence-electron chi connectivity index (χ4n) is 2.78. The number of carbonyl (C=O) groups excluding carboxylic acids is 2. The van der Waals surface area contributed by atoms with Crippen LogP contribution in [0.5, 0.6) is 0 Å². The third kappa shape index (κ3) is 4.24. The van der Waals surface area contributed by atoms with Crippen molar-refractivity contribution < 1.29 is 22.8 Å². The molecule has 2 amide bonds. The van der Waals surface area contributed by atoms with Crippen molar-refractivity contribution in [1.82, 2.24) is 4.90 Å². The molecule has 0 saturated carbocycles. The van der Waals surface area contributed by atoms with Crippen LogP contribution < -0.4 is 5.73 Å². The molecule has 1 aromatic rings. The van der Waals surface area contributed by atoms with Gasteiger partial charge in [-0.25, -0.2) is 0 Å². The number of amides is 2. The number of hydrogen-bond acceptors (Lipinski definition) is 2. The van der Waals surface area contributed by atoms with Crippen LogP contribution in [0.2, 0.25) is 0 Å². The Hall–Kier alpha value is -2.05. The van der Waals surface area contributed by atoms with Crippen molar-refractivity contribution in [1.29, 1.82) is 0 Å². The molecule has 1 saturated heterocycles. The van der Waals surface area contributed by atoms with Crippen molar-refractivity contribution in [2.75, 3.05) is 13.1 Å². The lowest BCUT2D eigenvalue weighted by atomic mass is 9.99. The van der Waals surface area contributed by atoms with Gasteiger partial charge in [-0.05, 0) is 30.5 Å². The fourth-order valence-corrected chi connectivity index (χ4v) is 2.78. The molecule has 0 bridgehead atoms. The molecule has 23 heavy (non-hydrogen) atoms. The summed E-state index contributed by atoms with van der Waals surface area (Å²) in [5, 5.41) is 0. The van der Waals surface area contributed by atoms with Gasteiger partial charge in [0.05, 0.1) is 11.5 Å². The van der Waals surface area contributed by atoms with E-state index in [-0.39, 0.29) is 17.7 Å². The number of nitrogens with zero attached hydrogens (tertiary/aromatic N) is 1. The summed E-state index contributed by atoms with van der Waals surface area (Å²) in [6, 6.07) is 4.82. The lowest BCUT2D eigenvalue weighted by molar-refractivity contribution is -0.138. The van der Waals surface area contributed by atoms with Crippen LogP contribution in [-0.4, -0.2) is 29.8 Å². The van der Waals surface area contributed by atoms with Gasteiger partial charge in [0, 0.05) is 19.0 Å². The van der Waals surface area contributed by atoms with E-state index in [1.54, 1.807) is 11.8 Å². The van der Waals surface area contributed by atoms with Crippen molar-refractivity contribution in [3.05, 3.63) is 35.4 Å². The van der Waals surface area contributed by atoms with Crippen LogP contribution in [-0.2, 0) is 22.2 Å². The maximum atomic E-state index is 12.5.